The lowest BCUT2D eigenvalue weighted by Gasteiger charge is -2.12. The van der Waals surface area contributed by atoms with Gasteiger partial charge in [0.15, 0.2) is 11.5 Å². The van der Waals surface area contributed by atoms with Gasteiger partial charge in [-0.15, -0.1) is 0 Å². The van der Waals surface area contributed by atoms with Crippen molar-refractivity contribution >= 4 is 11.6 Å². The Morgan fingerprint density at radius 3 is 2.40 bits per heavy atom. The van der Waals surface area contributed by atoms with E-state index in [-0.39, 0.29) is 5.57 Å². The van der Waals surface area contributed by atoms with Crippen LogP contribution in [0.4, 0.5) is 5.69 Å². The molecule has 0 radical (unpaired) electrons. The molecule has 0 aliphatic heterocycles. The molecule has 30 heavy (non-hydrogen) atoms. The molecule has 0 aliphatic rings. The number of hydrogen-bond donors (Lipinski definition) is 2. The first-order valence-electron chi connectivity index (χ1n) is 9.78. The Balaban J connectivity index is 1.94. The Bertz CT molecular complexity index is 902. The third-order valence-corrected chi connectivity index (χ3v) is 4.15. The smallest absolute Gasteiger partial charge is 0.263 e. The van der Waals surface area contributed by atoms with E-state index < -0.39 is 5.91 Å². The minimum absolute atomic E-state index is 0.0171. The molecule has 2 rings (SSSR count). The molecule has 0 aromatic heterocycles. The third kappa shape index (κ3) is 6.74. The fraction of sp³-hybridized carbons (Fsp3) is 0.304. The zero-order valence-electron chi connectivity index (χ0n) is 17.5. The number of amides is 1. The Morgan fingerprint density at radius 2 is 1.77 bits per heavy atom. The van der Waals surface area contributed by atoms with Crippen LogP contribution in [0.1, 0.15) is 19.4 Å². The minimum Gasteiger partial charge on any atom is -0.497 e. The van der Waals surface area contributed by atoms with Crippen LogP contribution >= 0.6 is 0 Å². The van der Waals surface area contributed by atoms with Crippen LogP contribution in [0.5, 0.6) is 17.2 Å². The van der Waals surface area contributed by atoms with Crippen molar-refractivity contribution in [3.63, 3.8) is 0 Å². The van der Waals surface area contributed by atoms with Gasteiger partial charge in [-0.05, 0) is 50.1 Å². The molecule has 2 aromatic carbocycles. The van der Waals surface area contributed by atoms with Crippen molar-refractivity contribution in [2.45, 2.75) is 20.3 Å². The molecular weight excluding hydrogens is 382 g/mol. The topological polar surface area (TPSA) is 92.6 Å². The molecule has 2 aromatic rings. The molecule has 0 saturated heterocycles. The molecule has 0 atom stereocenters. The molecule has 158 valence electrons. The SMILES string of the molecule is CCOc1ccc(N/C=C(/C#N)C(=O)NCCc2ccc(OC)cc2)cc1OCC. The van der Waals surface area contributed by atoms with Crippen LogP contribution in [0.15, 0.2) is 54.2 Å². The summed E-state index contributed by atoms with van der Waals surface area (Å²) < 4.78 is 16.2. The molecule has 1 amide bonds. The van der Waals surface area contributed by atoms with Crippen molar-refractivity contribution < 1.29 is 19.0 Å². The van der Waals surface area contributed by atoms with Crippen molar-refractivity contribution in [1.82, 2.24) is 5.32 Å². The van der Waals surface area contributed by atoms with Crippen molar-refractivity contribution in [2.24, 2.45) is 0 Å². The highest BCUT2D eigenvalue weighted by molar-refractivity contribution is 5.97. The summed E-state index contributed by atoms with van der Waals surface area (Å²) in [5, 5.41) is 15.1. The van der Waals surface area contributed by atoms with Crippen LogP contribution in [0.25, 0.3) is 0 Å². The van der Waals surface area contributed by atoms with E-state index in [1.807, 2.05) is 44.2 Å². The molecule has 0 fully saturated rings. The zero-order valence-corrected chi connectivity index (χ0v) is 17.5. The van der Waals surface area contributed by atoms with E-state index >= 15 is 0 Å². The summed E-state index contributed by atoms with van der Waals surface area (Å²) in [7, 11) is 1.62. The van der Waals surface area contributed by atoms with Gasteiger partial charge in [0.05, 0.1) is 20.3 Å². The highest BCUT2D eigenvalue weighted by Crippen LogP contribution is 2.30. The van der Waals surface area contributed by atoms with Crippen LogP contribution < -0.4 is 24.8 Å². The minimum atomic E-state index is -0.436. The molecule has 0 spiro atoms. The second-order valence-corrected chi connectivity index (χ2v) is 6.20. The molecule has 0 aliphatic carbocycles. The maximum Gasteiger partial charge on any atom is 0.263 e. The van der Waals surface area contributed by atoms with Crippen molar-refractivity contribution in [3.8, 4) is 23.3 Å². The summed E-state index contributed by atoms with van der Waals surface area (Å²) in [5.41, 5.74) is 1.73. The molecule has 7 heteroatoms. The van der Waals surface area contributed by atoms with Crippen LogP contribution in [0, 0.1) is 11.3 Å². The molecule has 2 N–H and O–H groups in total. The zero-order chi connectivity index (χ0) is 21.8. The molecular formula is C23H27N3O4. The second kappa shape index (κ2) is 12.0. The number of rotatable bonds is 11. The number of carbonyl (C=O) groups excluding carboxylic acids is 1. The van der Waals surface area contributed by atoms with Crippen LogP contribution in [0.3, 0.4) is 0 Å². The van der Waals surface area contributed by atoms with Crippen molar-refractivity contribution in [2.75, 3.05) is 32.2 Å². The Kier molecular flexibility index (Phi) is 9.07. The molecule has 0 unspecified atom stereocenters. The van der Waals surface area contributed by atoms with Gasteiger partial charge in [0, 0.05) is 24.5 Å². The fourth-order valence-electron chi connectivity index (χ4n) is 2.65. The number of hydrogen-bond acceptors (Lipinski definition) is 6. The van der Waals surface area contributed by atoms with Crippen molar-refractivity contribution in [3.05, 3.63) is 59.8 Å². The fourth-order valence-corrected chi connectivity index (χ4v) is 2.65. The van der Waals surface area contributed by atoms with Gasteiger partial charge in [0.1, 0.15) is 17.4 Å². The van der Waals surface area contributed by atoms with E-state index in [1.54, 1.807) is 25.3 Å². The second-order valence-electron chi connectivity index (χ2n) is 6.20. The van der Waals surface area contributed by atoms with E-state index in [0.29, 0.717) is 43.4 Å². The van der Waals surface area contributed by atoms with Gasteiger partial charge >= 0.3 is 0 Å². The number of ether oxygens (including phenoxy) is 3. The summed E-state index contributed by atoms with van der Waals surface area (Å²) in [6.07, 6.45) is 2.03. The van der Waals surface area contributed by atoms with Crippen LogP contribution in [0.2, 0.25) is 0 Å². The van der Waals surface area contributed by atoms with E-state index in [0.717, 1.165) is 11.3 Å². The van der Waals surface area contributed by atoms with Crippen molar-refractivity contribution in [1.29, 1.82) is 5.26 Å². The molecule has 0 saturated carbocycles. The molecule has 0 bridgehead atoms. The van der Waals surface area contributed by atoms with Crippen LogP contribution in [-0.2, 0) is 11.2 Å². The number of methoxy groups -OCH3 is 1. The Labute approximate surface area is 177 Å². The maximum absolute atomic E-state index is 12.3. The quantitative estimate of drug-likeness (QED) is 0.435. The van der Waals surface area contributed by atoms with E-state index in [1.165, 1.54) is 6.20 Å². The van der Waals surface area contributed by atoms with Gasteiger partial charge in [-0.3, -0.25) is 4.79 Å². The number of nitrogens with zero attached hydrogens (tertiary/aromatic N) is 1. The van der Waals surface area contributed by atoms with E-state index in [2.05, 4.69) is 10.6 Å². The highest BCUT2D eigenvalue weighted by Gasteiger charge is 2.09. The summed E-state index contributed by atoms with van der Waals surface area (Å²) in [4.78, 5) is 12.3. The Hall–Kier alpha value is -3.66. The maximum atomic E-state index is 12.3. The molecule has 7 nitrogen and oxygen atoms in total. The summed E-state index contributed by atoms with van der Waals surface area (Å²) in [5.74, 6) is 1.59. The summed E-state index contributed by atoms with van der Waals surface area (Å²) >= 11 is 0. The van der Waals surface area contributed by atoms with Crippen LogP contribution in [-0.4, -0.2) is 32.8 Å². The van der Waals surface area contributed by atoms with Gasteiger partial charge in [-0.2, -0.15) is 5.26 Å². The predicted octanol–water partition coefficient (Wildman–Crippen LogP) is 3.67. The Morgan fingerprint density at radius 1 is 1.07 bits per heavy atom. The van der Waals surface area contributed by atoms with E-state index in [9.17, 15) is 10.1 Å². The average molecular weight is 409 g/mol. The first-order valence-corrected chi connectivity index (χ1v) is 9.78. The number of anilines is 1. The first kappa shape index (κ1) is 22.6. The summed E-state index contributed by atoms with van der Waals surface area (Å²) in [6.45, 7) is 5.24. The van der Waals surface area contributed by atoms with Gasteiger partial charge in [-0.25, -0.2) is 0 Å². The standard InChI is InChI=1S/C23H27N3O4/c1-4-29-21-11-8-19(14-22(21)30-5-2)26-16-18(15-24)23(27)25-13-12-17-6-9-20(28-3)10-7-17/h6-11,14,16,26H,4-5,12-13H2,1-3H3,(H,25,27)/b18-16-. The largest absolute Gasteiger partial charge is 0.497 e. The number of carbonyl (C=O) groups is 1. The lowest BCUT2D eigenvalue weighted by atomic mass is 10.1. The van der Waals surface area contributed by atoms with Gasteiger partial charge in [0.25, 0.3) is 5.91 Å². The normalized spacial score (nSPS) is 10.7. The number of nitrogens with one attached hydrogen (secondary N) is 2. The van der Waals surface area contributed by atoms with E-state index in [4.69, 9.17) is 14.2 Å². The summed E-state index contributed by atoms with van der Waals surface area (Å²) in [6, 6.07) is 14.9. The lowest BCUT2D eigenvalue weighted by Crippen LogP contribution is -2.27. The highest BCUT2D eigenvalue weighted by atomic mass is 16.5. The third-order valence-electron chi connectivity index (χ3n) is 4.15. The first-order chi connectivity index (χ1) is 14.6. The number of benzene rings is 2. The number of nitriles is 1. The molecule has 0 heterocycles. The van der Waals surface area contributed by atoms with Gasteiger partial charge in [-0.1, -0.05) is 12.1 Å². The van der Waals surface area contributed by atoms with Gasteiger partial charge < -0.3 is 24.8 Å². The lowest BCUT2D eigenvalue weighted by molar-refractivity contribution is -0.117. The predicted molar refractivity (Wildman–Crippen MR) is 116 cm³/mol. The van der Waals surface area contributed by atoms with Gasteiger partial charge in [0.2, 0.25) is 0 Å². The average Bonchev–Trinajstić information content (AvgIpc) is 2.76. The monoisotopic (exact) mass is 409 g/mol.